The number of nitrogens with one attached hydrogen (secondary N) is 1. The molecular formula is C13H13N5O. The summed E-state index contributed by atoms with van der Waals surface area (Å²) in [5.41, 5.74) is 3.09. The first-order valence-electron chi connectivity index (χ1n) is 5.84. The van der Waals surface area contributed by atoms with Gasteiger partial charge in [0.1, 0.15) is 18.4 Å². The molecule has 0 amide bonds. The van der Waals surface area contributed by atoms with Crippen molar-refractivity contribution in [2.24, 2.45) is 0 Å². The van der Waals surface area contributed by atoms with E-state index in [9.17, 15) is 0 Å². The van der Waals surface area contributed by atoms with Gasteiger partial charge in [0.15, 0.2) is 5.82 Å². The molecule has 19 heavy (non-hydrogen) atoms. The summed E-state index contributed by atoms with van der Waals surface area (Å²) in [4.78, 5) is 0. The molecule has 3 rings (SSSR count). The number of methoxy groups -OCH3 is 1. The number of hydrogen-bond donors (Lipinski definition) is 1. The molecule has 1 aromatic carbocycles. The molecule has 1 N–H and O–H groups in total. The van der Waals surface area contributed by atoms with E-state index in [1.165, 1.54) is 0 Å². The Kier molecular flexibility index (Phi) is 2.75. The summed E-state index contributed by atoms with van der Waals surface area (Å²) in [5.74, 6) is 1.61. The van der Waals surface area contributed by atoms with Crippen molar-refractivity contribution in [1.82, 2.24) is 25.0 Å². The summed E-state index contributed by atoms with van der Waals surface area (Å²) in [6.07, 6.45) is 3.26. The van der Waals surface area contributed by atoms with E-state index in [2.05, 4.69) is 20.4 Å². The lowest BCUT2D eigenvalue weighted by molar-refractivity contribution is 0.415. The van der Waals surface area contributed by atoms with Crippen molar-refractivity contribution in [3.8, 4) is 22.7 Å². The first-order chi connectivity index (χ1) is 9.29. The molecule has 6 nitrogen and oxygen atoms in total. The largest absolute Gasteiger partial charge is 0.497 e. The van der Waals surface area contributed by atoms with E-state index >= 15 is 0 Å². The van der Waals surface area contributed by atoms with Crippen LogP contribution in [0.3, 0.4) is 0 Å². The quantitative estimate of drug-likeness (QED) is 0.777. The van der Waals surface area contributed by atoms with E-state index < -0.39 is 0 Å². The van der Waals surface area contributed by atoms with Crippen molar-refractivity contribution in [3.63, 3.8) is 0 Å². The molecule has 0 aliphatic rings. The van der Waals surface area contributed by atoms with Crippen molar-refractivity contribution in [3.05, 3.63) is 42.6 Å². The monoisotopic (exact) mass is 255 g/mol. The third-order valence-electron chi connectivity index (χ3n) is 2.97. The van der Waals surface area contributed by atoms with Gasteiger partial charge in [0.2, 0.25) is 0 Å². The molecule has 0 bridgehead atoms. The molecule has 0 unspecified atom stereocenters. The zero-order valence-corrected chi connectivity index (χ0v) is 10.7. The Labute approximate surface area is 110 Å². The molecule has 2 heterocycles. The predicted octanol–water partition coefficient (Wildman–Crippen LogP) is 1.97. The zero-order valence-electron chi connectivity index (χ0n) is 10.7. The highest BCUT2D eigenvalue weighted by Crippen LogP contribution is 2.29. The molecule has 3 aromatic rings. The van der Waals surface area contributed by atoms with Crippen LogP contribution < -0.4 is 4.74 Å². The van der Waals surface area contributed by atoms with Crippen molar-refractivity contribution in [2.45, 2.75) is 6.92 Å². The van der Waals surface area contributed by atoms with Gasteiger partial charge in [-0.1, -0.05) is 12.1 Å². The van der Waals surface area contributed by atoms with Crippen LogP contribution in [0.2, 0.25) is 0 Å². The fourth-order valence-corrected chi connectivity index (χ4v) is 2.02. The first-order valence-corrected chi connectivity index (χ1v) is 5.84. The van der Waals surface area contributed by atoms with E-state index in [1.54, 1.807) is 24.3 Å². The maximum absolute atomic E-state index is 5.17. The number of nitrogens with zero attached hydrogens (tertiary/aromatic N) is 4. The Balaban J connectivity index is 2.11. The molecule has 0 spiro atoms. The minimum absolute atomic E-state index is 0.785. The minimum Gasteiger partial charge on any atom is -0.497 e. The number of aryl methyl sites for hydroxylation is 1. The van der Waals surface area contributed by atoms with Crippen LogP contribution in [0.25, 0.3) is 16.9 Å². The lowest BCUT2D eigenvalue weighted by atomic mass is 10.1. The molecule has 0 atom stereocenters. The molecule has 0 fully saturated rings. The number of aromatic amines is 1. The van der Waals surface area contributed by atoms with E-state index in [1.807, 2.05) is 31.2 Å². The highest BCUT2D eigenvalue weighted by Gasteiger charge is 2.14. The van der Waals surface area contributed by atoms with Gasteiger partial charge in [-0.3, -0.25) is 9.67 Å². The summed E-state index contributed by atoms with van der Waals surface area (Å²) in [6, 6.07) is 7.87. The van der Waals surface area contributed by atoms with Gasteiger partial charge in [0.25, 0.3) is 0 Å². The normalized spacial score (nSPS) is 10.6. The molecule has 2 aromatic heterocycles. The van der Waals surface area contributed by atoms with Crippen LogP contribution in [-0.2, 0) is 0 Å². The van der Waals surface area contributed by atoms with Crippen molar-refractivity contribution in [2.75, 3.05) is 7.11 Å². The number of benzene rings is 1. The molecule has 6 heteroatoms. The average molecular weight is 255 g/mol. The van der Waals surface area contributed by atoms with Gasteiger partial charge in [0.05, 0.1) is 7.11 Å². The van der Waals surface area contributed by atoms with Crippen LogP contribution in [0.15, 0.2) is 36.9 Å². The summed E-state index contributed by atoms with van der Waals surface area (Å²) >= 11 is 0. The number of rotatable bonds is 3. The maximum Gasteiger partial charge on any atom is 0.169 e. The molecule has 0 saturated carbocycles. The number of hydrogen-bond acceptors (Lipinski definition) is 4. The van der Waals surface area contributed by atoms with E-state index in [4.69, 9.17) is 4.74 Å². The van der Waals surface area contributed by atoms with Crippen molar-refractivity contribution >= 4 is 0 Å². The second kappa shape index (κ2) is 4.56. The lowest BCUT2D eigenvalue weighted by Gasteiger charge is -2.05. The van der Waals surface area contributed by atoms with Gasteiger partial charge >= 0.3 is 0 Å². The van der Waals surface area contributed by atoms with E-state index in [0.29, 0.717) is 0 Å². The van der Waals surface area contributed by atoms with Crippen LogP contribution in [0.4, 0.5) is 0 Å². The van der Waals surface area contributed by atoms with Gasteiger partial charge in [-0.2, -0.15) is 5.10 Å². The second-order valence-corrected chi connectivity index (χ2v) is 4.14. The van der Waals surface area contributed by atoms with E-state index in [0.717, 1.165) is 28.4 Å². The maximum atomic E-state index is 5.17. The predicted molar refractivity (Wildman–Crippen MR) is 70.2 cm³/mol. The molecule has 96 valence electrons. The van der Waals surface area contributed by atoms with Gasteiger partial charge in [-0.05, 0) is 24.6 Å². The number of ether oxygens (including phenoxy) is 1. The topological polar surface area (TPSA) is 68.6 Å². The Morgan fingerprint density at radius 3 is 2.42 bits per heavy atom. The molecular weight excluding hydrogens is 242 g/mol. The zero-order chi connectivity index (χ0) is 13.2. The molecule has 0 radical (unpaired) electrons. The summed E-state index contributed by atoms with van der Waals surface area (Å²) in [6.45, 7) is 1.99. The van der Waals surface area contributed by atoms with Gasteiger partial charge in [0, 0.05) is 11.3 Å². The Morgan fingerprint density at radius 1 is 1.11 bits per heavy atom. The summed E-state index contributed by atoms with van der Waals surface area (Å²) < 4.78 is 6.95. The number of aromatic nitrogens is 5. The minimum atomic E-state index is 0.785. The second-order valence-electron chi connectivity index (χ2n) is 4.14. The van der Waals surface area contributed by atoms with Crippen LogP contribution >= 0.6 is 0 Å². The third-order valence-corrected chi connectivity index (χ3v) is 2.97. The van der Waals surface area contributed by atoms with Gasteiger partial charge in [-0.25, -0.2) is 0 Å². The Bertz CT molecular complexity index is 670. The van der Waals surface area contributed by atoms with E-state index in [-0.39, 0.29) is 0 Å². The van der Waals surface area contributed by atoms with Crippen LogP contribution in [0, 0.1) is 6.92 Å². The smallest absolute Gasteiger partial charge is 0.169 e. The standard InChI is InChI=1S/C13H13N5O/c1-9-12(10-3-5-11(19-2)6-4-10)13(17-16-9)18-7-14-15-8-18/h3-8H,1-2H3,(H,16,17). The summed E-state index contributed by atoms with van der Waals surface area (Å²) in [5, 5.41) is 14.9. The van der Waals surface area contributed by atoms with Crippen LogP contribution in [0.5, 0.6) is 5.75 Å². The highest BCUT2D eigenvalue weighted by molar-refractivity contribution is 5.73. The van der Waals surface area contributed by atoms with Crippen LogP contribution in [-0.4, -0.2) is 32.1 Å². The molecule has 0 aliphatic heterocycles. The molecule has 0 saturated heterocycles. The number of H-pyrrole nitrogens is 1. The lowest BCUT2D eigenvalue weighted by Crippen LogP contribution is -1.93. The highest BCUT2D eigenvalue weighted by atomic mass is 16.5. The molecule has 0 aliphatic carbocycles. The fraction of sp³-hybridized carbons (Fsp3) is 0.154. The fourth-order valence-electron chi connectivity index (χ4n) is 2.02. The average Bonchev–Trinajstić information content (AvgIpc) is 3.08. The Morgan fingerprint density at radius 2 is 1.79 bits per heavy atom. The Hall–Kier alpha value is -2.63. The third kappa shape index (κ3) is 1.97. The summed E-state index contributed by atoms with van der Waals surface area (Å²) in [7, 11) is 1.65. The van der Waals surface area contributed by atoms with Gasteiger partial charge < -0.3 is 4.74 Å². The SMILES string of the molecule is COc1ccc(-c2c(-n3cnnc3)n[nH]c2C)cc1. The van der Waals surface area contributed by atoms with Gasteiger partial charge in [-0.15, -0.1) is 10.2 Å². The van der Waals surface area contributed by atoms with Crippen LogP contribution in [0.1, 0.15) is 5.69 Å². The first kappa shape index (κ1) is 11.5. The van der Waals surface area contributed by atoms with Crippen molar-refractivity contribution < 1.29 is 4.74 Å². The van der Waals surface area contributed by atoms with Crippen molar-refractivity contribution in [1.29, 1.82) is 0 Å².